The maximum absolute atomic E-state index is 12.6. The fourth-order valence-electron chi connectivity index (χ4n) is 2.87. The zero-order valence-electron chi connectivity index (χ0n) is 12.5. The molecule has 3 N–H and O–H groups in total. The minimum Gasteiger partial charge on any atom is -0.507 e. The number of ketones is 2. The Hall–Kier alpha value is -2.66. The van der Waals surface area contributed by atoms with Crippen molar-refractivity contribution in [3.63, 3.8) is 0 Å². The second kappa shape index (κ2) is 5.52. The smallest absolute Gasteiger partial charge is 0.198 e. The molecule has 5 heteroatoms. The van der Waals surface area contributed by atoms with E-state index in [1.165, 1.54) is 18.2 Å². The standard InChI is InChI=1S/C18H16O5/c1-9(19)6-7-10-8-13(20)14-15(16(10)21)18(23)12-5-3-2-4-11(12)17(14)22/h2-5,8-9,19-21H,6-7H2,1H3. The molecular weight excluding hydrogens is 296 g/mol. The van der Waals surface area contributed by atoms with Crippen LogP contribution in [0.5, 0.6) is 11.5 Å². The molecule has 0 saturated heterocycles. The Morgan fingerprint density at radius 2 is 1.57 bits per heavy atom. The Balaban J connectivity index is 2.18. The average molecular weight is 312 g/mol. The lowest BCUT2D eigenvalue weighted by atomic mass is 9.81. The largest absolute Gasteiger partial charge is 0.507 e. The second-order valence-electron chi connectivity index (χ2n) is 5.74. The summed E-state index contributed by atoms with van der Waals surface area (Å²) >= 11 is 0. The molecule has 3 rings (SSSR count). The monoisotopic (exact) mass is 312 g/mol. The van der Waals surface area contributed by atoms with Gasteiger partial charge in [-0.15, -0.1) is 0 Å². The molecule has 0 amide bonds. The van der Waals surface area contributed by atoms with E-state index >= 15 is 0 Å². The number of hydrogen-bond acceptors (Lipinski definition) is 5. The van der Waals surface area contributed by atoms with Gasteiger partial charge in [-0.25, -0.2) is 0 Å². The molecule has 23 heavy (non-hydrogen) atoms. The highest BCUT2D eigenvalue weighted by Crippen LogP contribution is 2.40. The Bertz CT molecular complexity index is 820. The van der Waals surface area contributed by atoms with E-state index in [0.717, 1.165) is 0 Å². The van der Waals surface area contributed by atoms with Gasteiger partial charge >= 0.3 is 0 Å². The highest BCUT2D eigenvalue weighted by atomic mass is 16.3. The minimum absolute atomic E-state index is 0.158. The van der Waals surface area contributed by atoms with Crippen molar-refractivity contribution in [2.24, 2.45) is 0 Å². The number of carbonyl (C=O) groups excluding carboxylic acids is 2. The van der Waals surface area contributed by atoms with Crippen LogP contribution < -0.4 is 0 Å². The molecule has 118 valence electrons. The fourth-order valence-corrected chi connectivity index (χ4v) is 2.87. The van der Waals surface area contributed by atoms with Crippen LogP contribution >= 0.6 is 0 Å². The number of rotatable bonds is 3. The minimum atomic E-state index is -0.578. The number of benzene rings is 2. The summed E-state index contributed by atoms with van der Waals surface area (Å²) in [5.74, 6) is -1.59. The predicted molar refractivity (Wildman–Crippen MR) is 83.1 cm³/mol. The van der Waals surface area contributed by atoms with Crippen molar-refractivity contribution in [1.82, 2.24) is 0 Å². The van der Waals surface area contributed by atoms with Gasteiger partial charge in [-0.3, -0.25) is 9.59 Å². The third kappa shape index (κ3) is 2.39. The van der Waals surface area contributed by atoms with Gasteiger partial charge < -0.3 is 15.3 Å². The van der Waals surface area contributed by atoms with Crippen LogP contribution in [0.2, 0.25) is 0 Å². The molecule has 0 radical (unpaired) electrons. The molecule has 5 nitrogen and oxygen atoms in total. The van der Waals surface area contributed by atoms with Gasteiger partial charge in [0.05, 0.1) is 17.2 Å². The SMILES string of the molecule is CC(O)CCc1cc(O)c2c(c1O)C(=O)c1ccccc1C2=O. The van der Waals surface area contributed by atoms with E-state index in [0.29, 0.717) is 12.0 Å². The number of hydrogen-bond donors (Lipinski definition) is 3. The molecule has 2 aromatic rings. The summed E-state index contributed by atoms with van der Waals surface area (Å²) in [6, 6.07) is 7.62. The number of aliphatic hydroxyl groups is 1. The van der Waals surface area contributed by atoms with Crippen molar-refractivity contribution in [3.05, 3.63) is 58.1 Å². The Labute approximate surface area is 132 Å². The lowest BCUT2D eigenvalue weighted by Gasteiger charge is -2.21. The van der Waals surface area contributed by atoms with Gasteiger partial charge in [0.2, 0.25) is 0 Å². The maximum Gasteiger partial charge on any atom is 0.198 e. The van der Waals surface area contributed by atoms with Crippen molar-refractivity contribution in [2.45, 2.75) is 25.9 Å². The van der Waals surface area contributed by atoms with Gasteiger partial charge in [-0.2, -0.15) is 0 Å². The third-order valence-electron chi connectivity index (χ3n) is 4.06. The Morgan fingerprint density at radius 3 is 2.13 bits per heavy atom. The molecule has 0 spiro atoms. The van der Waals surface area contributed by atoms with E-state index in [1.54, 1.807) is 19.1 Å². The molecule has 0 bridgehead atoms. The van der Waals surface area contributed by atoms with Crippen LogP contribution in [0, 0.1) is 0 Å². The normalized spacial score (nSPS) is 14.3. The van der Waals surface area contributed by atoms with E-state index in [1.807, 2.05) is 0 Å². The highest BCUT2D eigenvalue weighted by molar-refractivity contribution is 6.30. The Morgan fingerprint density at radius 1 is 1.00 bits per heavy atom. The third-order valence-corrected chi connectivity index (χ3v) is 4.06. The zero-order valence-corrected chi connectivity index (χ0v) is 12.5. The molecule has 0 saturated carbocycles. The molecule has 1 aliphatic carbocycles. The van der Waals surface area contributed by atoms with Crippen molar-refractivity contribution >= 4 is 11.6 Å². The summed E-state index contributed by atoms with van der Waals surface area (Å²) in [5, 5.41) is 30.0. The van der Waals surface area contributed by atoms with Crippen LogP contribution in [0.4, 0.5) is 0 Å². The van der Waals surface area contributed by atoms with E-state index in [2.05, 4.69) is 0 Å². The van der Waals surface area contributed by atoms with Gasteiger partial charge in [0.15, 0.2) is 11.6 Å². The van der Waals surface area contributed by atoms with Crippen molar-refractivity contribution < 1.29 is 24.9 Å². The molecule has 2 aromatic carbocycles. The van der Waals surface area contributed by atoms with Gasteiger partial charge in [0.1, 0.15) is 11.5 Å². The summed E-state index contributed by atoms with van der Waals surface area (Å²) < 4.78 is 0. The maximum atomic E-state index is 12.6. The van der Waals surface area contributed by atoms with Gasteiger partial charge in [0.25, 0.3) is 0 Å². The van der Waals surface area contributed by atoms with Crippen LogP contribution in [0.3, 0.4) is 0 Å². The molecule has 1 aliphatic rings. The van der Waals surface area contributed by atoms with E-state index in [4.69, 9.17) is 0 Å². The first kappa shape index (κ1) is 15.2. The van der Waals surface area contributed by atoms with Gasteiger partial charge in [-0.1, -0.05) is 24.3 Å². The molecule has 1 unspecified atom stereocenters. The Kier molecular flexibility index (Phi) is 3.66. The van der Waals surface area contributed by atoms with Crippen molar-refractivity contribution in [3.8, 4) is 11.5 Å². The van der Waals surface area contributed by atoms with Crippen LogP contribution in [0.15, 0.2) is 30.3 Å². The summed E-state index contributed by atoms with van der Waals surface area (Å²) in [4.78, 5) is 25.2. The number of aliphatic hydroxyl groups excluding tert-OH is 1. The van der Waals surface area contributed by atoms with Crippen LogP contribution in [-0.4, -0.2) is 33.0 Å². The summed E-state index contributed by atoms with van der Waals surface area (Å²) in [6.07, 6.45) is 0.0726. The van der Waals surface area contributed by atoms with E-state index < -0.39 is 17.7 Å². The number of phenols is 2. The topological polar surface area (TPSA) is 94.8 Å². The average Bonchev–Trinajstić information content (AvgIpc) is 2.52. The van der Waals surface area contributed by atoms with Crippen LogP contribution in [0.1, 0.15) is 50.8 Å². The predicted octanol–water partition coefficient (Wildman–Crippen LogP) is 2.19. The van der Waals surface area contributed by atoms with Gasteiger partial charge in [-0.05, 0) is 31.4 Å². The first-order valence-electron chi connectivity index (χ1n) is 7.36. The zero-order chi connectivity index (χ0) is 16.7. The van der Waals surface area contributed by atoms with Crippen molar-refractivity contribution in [2.75, 3.05) is 0 Å². The lowest BCUT2D eigenvalue weighted by molar-refractivity contribution is 0.0974. The second-order valence-corrected chi connectivity index (χ2v) is 5.74. The highest BCUT2D eigenvalue weighted by Gasteiger charge is 2.35. The first-order chi connectivity index (χ1) is 10.9. The number of fused-ring (bicyclic) bond motifs is 2. The number of phenolic OH excluding ortho intramolecular Hbond substituents is 2. The molecular formula is C18H16O5. The lowest BCUT2D eigenvalue weighted by Crippen LogP contribution is -2.21. The molecule has 1 atom stereocenters. The quantitative estimate of drug-likeness (QED) is 0.644. The number of aryl methyl sites for hydroxylation is 1. The van der Waals surface area contributed by atoms with Gasteiger partial charge in [0, 0.05) is 11.1 Å². The molecule has 0 aliphatic heterocycles. The molecule has 0 fully saturated rings. The number of carbonyl (C=O) groups is 2. The summed E-state index contributed by atoms with van der Waals surface area (Å²) in [7, 11) is 0. The van der Waals surface area contributed by atoms with E-state index in [-0.39, 0.29) is 40.2 Å². The van der Waals surface area contributed by atoms with Crippen molar-refractivity contribution in [1.29, 1.82) is 0 Å². The summed E-state index contributed by atoms with van der Waals surface area (Å²) in [6.45, 7) is 1.61. The fraction of sp³-hybridized carbons (Fsp3) is 0.222. The summed E-state index contributed by atoms with van der Waals surface area (Å²) in [5.41, 5.74) is 0.452. The van der Waals surface area contributed by atoms with Crippen LogP contribution in [-0.2, 0) is 6.42 Å². The van der Waals surface area contributed by atoms with Crippen LogP contribution in [0.25, 0.3) is 0 Å². The molecule has 0 aromatic heterocycles. The van der Waals surface area contributed by atoms with E-state index in [9.17, 15) is 24.9 Å². The first-order valence-corrected chi connectivity index (χ1v) is 7.36. The molecule has 0 heterocycles. The number of aromatic hydroxyl groups is 2.